The monoisotopic (exact) mass is 294 g/mol. The Morgan fingerprint density at radius 2 is 1.81 bits per heavy atom. The molecule has 2 heterocycles. The first-order valence-electron chi connectivity index (χ1n) is 8.67. The molecule has 3 aliphatic rings. The van der Waals surface area contributed by atoms with E-state index < -0.39 is 0 Å². The van der Waals surface area contributed by atoms with Crippen LogP contribution in [0.5, 0.6) is 0 Å². The maximum Gasteiger partial charge on any atom is 0.234 e. The van der Waals surface area contributed by atoms with Crippen molar-refractivity contribution in [2.24, 2.45) is 0 Å². The number of likely N-dealkylation sites (N-methyl/N-ethyl adjacent to an activating group) is 1. The normalized spacial score (nSPS) is 29.5. The fourth-order valence-corrected chi connectivity index (χ4v) is 3.76. The van der Waals surface area contributed by atoms with Crippen molar-refractivity contribution in [1.29, 1.82) is 0 Å². The predicted octanol–water partition coefficient (Wildman–Crippen LogP) is 0.413. The molecule has 1 unspecified atom stereocenters. The third kappa shape index (κ3) is 4.41. The molecule has 2 saturated heterocycles. The van der Waals surface area contributed by atoms with Crippen molar-refractivity contribution in [1.82, 2.24) is 20.4 Å². The van der Waals surface area contributed by atoms with Gasteiger partial charge in [0.25, 0.3) is 0 Å². The third-order valence-corrected chi connectivity index (χ3v) is 5.24. The van der Waals surface area contributed by atoms with Crippen LogP contribution in [0.3, 0.4) is 0 Å². The number of likely N-dealkylation sites (tertiary alicyclic amines) is 2. The van der Waals surface area contributed by atoms with Gasteiger partial charge in [-0.2, -0.15) is 0 Å². The van der Waals surface area contributed by atoms with Crippen LogP contribution in [-0.4, -0.2) is 73.6 Å². The predicted molar refractivity (Wildman–Crippen MR) is 84.3 cm³/mol. The lowest BCUT2D eigenvalue weighted by atomic mass is 10.0. The lowest BCUT2D eigenvalue weighted by molar-refractivity contribution is -0.123. The Bertz CT molecular complexity index is 350. The van der Waals surface area contributed by atoms with E-state index in [1.165, 1.54) is 38.8 Å². The molecule has 1 aliphatic carbocycles. The summed E-state index contributed by atoms with van der Waals surface area (Å²) in [4.78, 5) is 17.1. The molecular formula is C16H30N4O. The number of hydrogen-bond donors (Lipinski definition) is 2. The van der Waals surface area contributed by atoms with Gasteiger partial charge in [-0.05, 0) is 52.1 Å². The highest BCUT2D eigenvalue weighted by Crippen LogP contribution is 2.29. The zero-order chi connectivity index (χ0) is 14.7. The van der Waals surface area contributed by atoms with Gasteiger partial charge in [0.15, 0.2) is 0 Å². The van der Waals surface area contributed by atoms with Crippen LogP contribution in [0, 0.1) is 0 Å². The third-order valence-electron chi connectivity index (χ3n) is 5.24. The number of hydrogen-bond acceptors (Lipinski definition) is 4. The van der Waals surface area contributed by atoms with E-state index in [1.807, 2.05) is 7.05 Å². The second-order valence-electron chi connectivity index (χ2n) is 6.97. The highest BCUT2D eigenvalue weighted by molar-refractivity contribution is 5.78. The fraction of sp³-hybridized carbons (Fsp3) is 0.938. The summed E-state index contributed by atoms with van der Waals surface area (Å²) in [5.41, 5.74) is 0. The summed E-state index contributed by atoms with van der Waals surface area (Å²) >= 11 is 0. The van der Waals surface area contributed by atoms with E-state index in [-0.39, 0.29) is 5.91 Å². The van der Waals surface area contributed by atoms with Crippen LogP contribution < -0.4 is 10.6 Å². The molecule has 1 amide bonds. The SMILES string of the molecule is CNC1CCCN(CC(=O)NC2CCN(C3CC3)CC2)C1. The van der Waals surface area contributed by atoms with Crippen molar-refractivity contribution in [3.05, 3.63) is 0 Å². The van der Waals surface area contributed by atoms with E-state index in [0.29, 0.717) is 18.6 Å². The van der Waals surface area contributed by atoms with Gasteiger partial charge in [-0.1, -0.05) is 0 Å². The van der Waals surface area contributed by atoms with Crippen LogP contribution in [0.15, 0.2) is 0 Å². The van der Waals surface area contributed by atoms with Crippen LogP contribution in [-0.2, 0) is 4.79 Å². The maximum atomic E-state index is 12.2. The number of rotatable bonds is 5. The quantitative estimate of drug-likeness (QED) is 0.771. The first-order chi connectivity index (χ1) is 10.2. The van der Waals surface area contributed by atoms with E-state index in [2.05, 4.69) is 20.4 Å². The summed E-state index contributed by atoms with van der Waals surface area (Å²) in [6.07, 6.45) is 7.45. The van der Waals surface area contributed by atoms with Gasteiger partial charge in [0.2, 0.25) is 5.91 Å². The van der Waals surface area contributed by atoms with Crippen molar-refractivity contribution in [2.75, 3.05) is 39.8 Å². The molecule has 1 saturated carbocycles. The highest BCUT2D eigenvalue weighted by Gasteiger charge is 2.32. The lowest BCUT2D eigenvalue weighted by Gasteiger charge is -2.34. The molecule has 0 aromatic rings. The molecule has 3 rings (SSSR count). The van der Waals surface area contributed by atoms with Gasteiger partial charge in [-0.15, -0.1) is 0 Å². The summed E-state index contributed by atoms with van der Waals surface area (Å²) in [7, 11) is 2.02. The van der Waals surface area contributed by atoms with E-state index in [0.717, 1.165) is 32.0 Å². The molecule has 120 valence electrons. The Labute approximate surface area is 128 Å². The number of nitrogens with zero attached hydrogens (tertiary/aromatic N) is 2. The lowest BCUT2D eigenvalue weighted by Crippen LogP contribution is -2.51. The zero-order valence-corrected chi connectivity index (χ0v) is 13.3. The molecule has 2 N–H and O–H groups in total. The Morgan fingerprint density at radius 1 is 1.05 bits per heavy atom. The van der Waals surface area contributed by atoms with Crippen molar-refractivity contribution in [2.45, 2.75) is 56.7 Å². The number of amides is 1. The van der Waals surface area contributed by atoms with Crippen molar-refractivity contribution in [3.63, 3.8) is 0 Å². The van der Waals surface area contributed by atoms with Crippen LogP contribution in [0.4, 0.5) is 0 Å². The van der Waals surface area contributed by atoms with Crippen molar-refractivity contribution in [3.8, 4) is 0 Å². The number of carbonyl (C=O) groups excluding carboxylic acids is 1. The molecule has 0 aromatic heterocycles. The van der Waals surface area contributed by atoms with E-state index >= 15 is 0 Å². The van der Waals surface area contributed by atoms with Crippen molar-refractivity contribution < 1.29 is 4.79 Å². The highest BCUT2D eigenvalue weighted by atomic mass is 16.2. The molecule has 2 aliphatic heterocycles. The van der Waals surface area contributed by atoms with Crippen LogP contribution in [0.25, 0.3) is 0 Å². The molecule has 5 nitrogen and oxygen atoms in total. The standard InChI is InChI=1S/C16H30N4O/c1-17-14-3-2-8-19(11-14)12-16(21)18-13-6-9-20(10-7-13)15-4-5-15/h13-15,17H,2-12H2,1H3,(H,18,21). The second kappa shape index (κ2) is 7.07. The van der Waals surface area contributed by atoms with Crippen LogP contribution in [0.2, 0.25) is 0 Å². The summed E-state index contributed by atoms with van der Waals surface area (Å²) in [5, 5.41) is 6.58. The van der Waals surface area contributed by atoms with Gasteiger partial charge in [-0.3, -0.25) is 9.69 Å². The van der Waals surface area contributed by atoms with E-state index in [4.69, 9.17) is 0 Å². The molecule has 21 heavy (non-hydrogen) atoms. The van der Waals surface area contributed by atoms with Gasteiger partial charge in [0, 0.05) is 37.8 Å². The minimum absolute atomic E-state index is 0.219. The molecule has 3 fully saturated rings. The van der Waals surface area contributed by atoms with Crippen molar-refractivity contribution >= 4 is 5.91 Å². The summed E-state index contributed by atoms with van der Waals surface area (Å²) in [6, 6.07) is 1.82. The Morgan fingerprint density at radius 3 is 2.48 bits per heavy atom. The molecule has 0 spiro atoms. The van der Waals surface area contributed by atoms with Crippen LogP contribution >= 0.6 is 0 Å². The molecule has 0 radical (unpaired) electrons. The number of piperidine rings is 2. The Kier molecular flexibility index (Phi) is 5.14. The van der Waals surface area contributed by atoms with Gasteiger partial charge < -0.3 is 15.5 Å². The molecule has 1 atom stereocenters. The smallest absolute Gasteiger partial charge is 0.234 e. The molecule has 0 aromatic carbocycles. The summed E-state index contributed by atoms with van der Waals surface area (Å²) in [5.74, 6) is 0.219. The molecule has 5 heteroatoms. The second-order valence-corrected chi connectivity index (χ2v) is 6.97. The fourth-order valence-electron chi connectivity index (χ4n) is 3.76. The average molecular weight is 294 g/mol. The molecular weight excluding hydrogens is 264 g/mol. The van der Waals surface area contributed by atoms with Gasteiger partial charge >= 0.3 is 0 Å². The van der Waals surface area contributed by atoms with Gasteiger partial charge in [-0.25, -0.2) is 0 Å². The van der Waals surface area contributed by atoms with E-state index in [9.17, 15) is 4.79 Å². The summed E-state index contributed by atoms with van der Waals surface area (Å²) < 4.78 is 0. The largest absolute Gasteiger partial charge is 0.352 e. The van der Waals surface area contributed by atoms with Gasteiger partial charge in [0.1, 0.15) is 0 Å². The number of carbonyl (C=O) groups is 1. The zero-order valence-electron chi connectivity index (χ0n) is 13.3. The Balaban J connectivity index is 1.36. The Hall–Kier alpha value is -0.650. The van der Waals surface area contributed by atoms with Crippen LogP contribution in [0.1, 0.15) is 38.5 Å². The minimum atomic E-state index is 0.219. The minimum Gasteiger partial charge on any atom is -0.352 e. The molecule has 0 bridgehead atoms. The first kappa shape index (κ1) is 15.3. The summed E-state index contributed by atoms with van der Waals surface area (Å²) in [6.45, 7) is 4.97. The number of nitrogens with one attached hydrogen (secondary N) is 2. The first-order valence-corrected chi connectivity index (χ1v) is 8.67. The van der Waals surface area contributed by atoms with E-state index in [1.54, 1.807) is 0 Å². The maximum absolute atomic E-state index is 12.2. The average Bonchev–Trinajstić information content (AvgIpc) is 3.33. The van der Waals surface area contributed by atoms with Gasteiger partial charge in [0.05, 0.1) is 6.54 Å². The topological polar surface area (TPSA) is 47.6 Å².